The molecule has 5 nitrogen and oxygen atoms in total. The molecule has 22 heavy (non-hydrogen) atoms. The zero-order chi connectivity index (χ0) is 16.3. The minimum Gasteiger partial charge on any atom is -0.384 e. The first-order valence-electron chi connectivity index (χ1n) is 6.48. The van der Waals surface area contributed by atoms with E-state index >= 15 is 0 Å². The molecular weight excluding hydrogens is 297 g/mol. The van der Waals surface area contributed by atoms with Gasteiger partial charge in [-0.3, -0.25) is 4.79 Å². The Labute approximate surface area is 124 Å². The Morgan fingerprint density at radius 2 is 1.95 bits per heavy atom. The highest BCUT2D eigenvalue weighted by molar-refractivity contribution is 5.76. The number of carbonyl (C=O) groups excluding carboxylic acids is 1. The van der Waals surface area contributed by atoms with Crippen molar-refractivity contribution in [2.75, 3.05) is 5.73 Å². The molecule has 0 radical (unpaired) electrons. The number of nitrogen functional groups attached to an aromatic ring is 1. The molecule has 0 fully saturated rings. The van der Waals surface area contributed by atoms with Crippen molar-refractivity contribution in [1.29, 1.82) is 0 Å². The van der Waals surface area contributed by atoms with Gasteiger partial charge in [-0.15, -0.1) is 0 Å². The predicted molar refractivity (Wildman–Crippen MR) is 74.7 cm³/mol. The number of hydrogen-bond acceptors (Lipinski definition) is 3. The summed E-state index contributed by atoms with van der Waals surface area (Å²) in [6.45, 7) is 1.85. The third-order valence-electron chi connectivity index (χ3n) is 3.00. The van der Waals surface area contributed by atoms with E-state index in [0.29, 0.717) is 17.1 Å². The van der Waals surface area contributed by atoms with Crippen LogP contribution in [0.5, 0.6) is 0 Å². The zero-order valence-electron chi connectivity index (χ0n) is 11.8. The molecule has 0 spiro atoms. The molecule has 118 valence electrons. The second kappa shape index (κ2) is 6.08. The van der Waals surface area contributed by atoms with Gasteiger partial charge < -0.3 is 11.1 Å². The van der Waals surface area contributed by atoms with E-state index in [2.05, 4.69) is 10.4 Å². The summed E-state index contributed by atoms with van der Waals surface area (Å²) in [5, 5.41) is 6.66. The number of nitrogens with zero attached hydrogens (tertiary/aromatic N) is 2. The van der Waals surface area contributed by atoms with E-state index in [9.17, 15) is 18.0 Å². The van der Waals surface area contributed by atoms with Gasteiger partial charge in [0.15, 0.2) is 0 Å². The van der Waals surface area contributed by atoms with Gasteiger partial charge in [-0.05, 0) is 24.6 Å². The highest BCUT2D eigenvalue weighted by atomic mass is 19.4. The molecular formula is C14H15F3N4O. The van der Waals surface area contributed by atoms with Gasteiger partial charge in [0.2, 0.25) is 5.91 Å². The number of nitrogens with two attached hydrogens (primary N) is 1. The van der Waals surface area contributed by atoms with Crippen LogP contribution in [-0.2, 0) is 24.1 Å². The number of benzene rings is 1. The summed E-state index contributed by atoms with van der Waals surface area (Å²) in [7, 11) is 0. The molecule has 0 atom stereocenters. The van der Waals surface area contributed by atoms with Crippen LogP contribution in [0.4, 0.5) is 19.0 Å². The SMILES string of the molecule is Cc1cc(N)n(CC(=O)NCc2ccc(C(F)(F)F)cc2)n1. The van der Waals surface area contributed by atoms with E-state index in [-0.39, 0.29) is 19.0 Å². The predicted octanol–water partition coefficient (Wildman–Crippen LogP) is 2.11. The lowest BCUT2D eigenvalue weighted by Gasteiger charge is -2.09. The van der Waals surface area contributed by atoms with Crippen LogP contribution in [0, 0.1) is 6.92 Å². The number of amides is 1. The molecule has 0 aliphatic rings. The monoisotopic (exact) mass is 312 g/mol. The molecule has 8 heteroatoms. The summed E-state index contributed by atoms with van der Waals surface area (Å²) in [6, 6.07) is 6.26. The summed E-state index contributed by atoms with van der Waals surface area (Å²) in [5.41, 5.74) is 6.23. The molecule has 0 aliphatic heterocycles. The number of halogens is 3. The standard InChI is InChI=1S/C14H15F3N4O/c1-9-6-12(18)21(20-9)8-13(22)19-7-10-2-4-11(5-3-10)14(15,16)17/h2-6H,7-8,18H2,1H3,(H,19,22). The van der Waals surface area contributed by atoms with E-state index in [1.165, 1.54) is 16.8 Å². The molecule has 1 heterocycles. The van der Waals surface area contributed by atoms with Crippen molar-refractivity contribution in [1.82, 2.24) is 15.1 Å². The van der Waals surface area contributed by atoms with Crippen molar-refractivity contribution in [3.8, 4) is 0 Å². The molecule has 0 saturated carbocycles. The molecule has 0 aliphatic carbocycles. The quantitative estimate of drug-likeness (QED) is 0.908. The molecule has 0 unspecified atom stereocenters. The average Bonchev–Trinajstić information content (AvgIpc) is 2.74. The highest BCUT2D eigenvalue weighted by Gasteiger charge is 2.29. The minimum absolute atomic E-state index is 0.0414. The van der Waals surface area contributed by atoms with Crippen molar-refractivity contribution in [3.63, 3.8) is 0 Å². The summed E-state index contributed by atoms with van der Waals surface area (Å²) in [5.74, 6) is 0.0527. The zero-order valence-corrected chi connectivity index (χ0v) is 11.8. The Morgan fingerprint density at radius 1 is 1.32 bits per heavy atom. The fourth-order valence-corrected chi connectivity index (χ4v) is 1.90. The van der Waals surface area contributed by atoms with Gasteiger partial charge in [-0.2, -0.15) is 18.3 Å². The number of anilines is 1. The summed E-state index contributed by atoms with van der Waals surface area (Å²) in [4.78, 5) is 11.8. The van der Waals surface area contributed by atoms with Gasteiger partial charge in [0, 0.05) is 12.6 Å². The maximum Gasteiger partial charge on any atom is 0.416 e. The first-order chi connectivity index (χ1) is 10.3. The second-order valence-corrected chi connectivity index (χ2v) is 4.84. The van der Waals surface area contributed by atoms with E-state index in [4.69, 9.17) is 5.73 Å². The average molecular weight is 312 g/mol. The molecule has 2 rings (SSSR count). The van der Waals surface area contributed by atoms with Crippen molar-refractivity contribution in [2.45, 2.75) is 26.2 Å². The molecule has 1 amide bonds. The summed E-state index contributed by atoms with van der Waals surface area (Å²) in [6.07, 6.45) is -4.36. The Kier molecular flexibility index (Phi) is 4.39. The minimum atomic E-state index is -4.36. The largest absolute Gasteiger partial charge is 0.416 e. The van der Waals surface area contributed by atoms with Crippen LogP contribution in [0.2, 0.25) is 0 Å². The number of aryl methyl sites for hydroxylation is 1. The maximum atomic E-state index is 12.4. The van der Waals surface area contributed by atoms with Crippen molar-refractivity contribution in [3.05, 3.63) is 47.2 Å². The van der Waals surface area contributed by atoms with Gasteiger partial charge in [0.25, 0.3) is 0 Å². The summed E-state index contributed by atoms with van der Waals surface area (Å²) < 4.78 is 38.6. The molecule has 0 saturated heterocycles. The smallest absolute Gasteiger partial charge is 0.384 e. The number of alkyl halides is 3. The lowest BCUT2D eigenvalue weighted by atomic mass is 10.1. The van der Waals surface area contributed by atoms with E-state index in [0.717, 1.165) is 12.1 Å². The van der Waals surface area contributed by atoms with Crippen LogP contribution in [0.1, 0.15) is 16.8 Å². The Morgan fingerprint density at radius 3 is 2.45 bits per heavy atom. The lowest BCUT2D eigenvalue weighted by Crippen LogP contribution is -2.28. The van der Waals surface area contributed by atoms with E-state index < -0.39 is 11.7 Å². The van der Waals surface area contributed by atoms with Gasteiger partial charge in [0.1, 0.15) is 12.4 Å². The maximum absolute atomic E-state index is 12.4. The van der Waals surface area contributed by atoms with Gasteiger partial charge in [0.05, 0.1) is 11.3 Å². The number of carbonyl (C=O) groups is 1. The molecule has 2 aromatic rings. The number of nitrogens with one attached hydrogen (secondary N) is 1. The Balaban J connectivity index is 1.90. The molecule has 3 N–H and O–H groups in total. The van der Waals surface area contributed by atoms with E-state index in [1.807, 2.05) is 0 Å². The van der Waals surface area contributed by atoms with Crippen LogP contribution in [-0.4, -0.2) is 15.7 Å². The topological polar surface area (TPSA) is 72.9 Å². The lowest BCUT2D eigenvalue weighted by molar-refractivity contribution is -0.137. The molecule has 0 bridgehead atoms. The normalized spacial score (nSPS) is 11.5. The Bertz CT molecular complexity index is 662. The van der Waals surface area contributed by atoms with Crippen LogP contribution in [0.25, 0.3) is 0 Å². The highest BCUT2D eigenvalue weighted by Crippen LogP contribution is 2.29. The van der Waals surface area contributed by atoms with Crippen molar-refractivity contribution in [2.24, 2.45) is 0 Å². The number of rotatable bonds is 4. The molecule has 1 aromatic heterocycles. The van der Waals surface area contributed by atoms with Gasteiger partial charge >= 0.3 is 6.18 Å². The third-order valence-corrected chi connectivity index (χ3v) is 3.00. The first kappa shape index (κ1) is 15.9. The van der Waals surface area contributed by atoms with Gasteiger partial charge in [-0.25, -0.2) is 4.68 Å². The van der Waals surface area contributed by atoms with Crippen molar-refractivity contribution >= 4 is 11.7 Å². The van der Waals surface area contributed by atoms with Crippen molar-refractivity contribution < 1.29 is 18.0 Å². The fourth-order valence-electron chi connectivity index (χ4n) is 1.90. The molecule has 1 aromatic carbocycles. The fraction of sp³-hybridized carbons (Fsp3) is 0.286. The summed E-state index contributed by atoms with van der Waals surface area (Å²) >= 11 is 0. The first-order valence-corrected chi connectivity index (χ1v) is 6.48. The Hall–Kier alpha value is -2.51. The van der Waals surface area contributed by atoms with E-state index in [1.54, 1.807) is 13.0 Å². The van der Waals surface area contributed by atoms with Crippen LogP contribution >= 0.6 is 0 Å². The van der Waals surface area contributed by atoms with Crippen LogP contribution < -0.4 is 11.1 Å². The number of aromatic nitrogens is 2. The van der Waals surface area contributed by atoms with Gasteiger partial charge in [-0.1, -0.05) is 12.1 Å². The van der Waals surface area contributed by atoms with Crippen LogP contribution in [0.15, 0.2) is 30.3 Å². The number of hydrogen-bond donors (Lipinski definition) is 2. The third kappa shape index (κ3) is 4.00. The second-order valence-electron chi connectivity index (χ2n) is 4.84. The van der Waals surface area contributed by atoms with Crippen LogP contribution in [0.3, 0.4) is 0 Å².